The van der Waals surface area contributed by atoms with Gasteiger partial charge in [-0.3, -0.25) is 0 Å². The van der Waals surface area contributed by atoms with Crippen LogP contribution in [0.4, 0.5) is 8.78 Å². The number of hydrogen-bond acceptors (Lipinski definition) is 1. The van der Waals surface area contributed by atoms with E-state index in [1.54, 1.807) is 0 Å². The molecule has 0 aliphatic rings. The standard InChI is InChI=1S/C15H11Cl3F2O/c1-15(21,7-8-4-9(19)2-3-11(8)16)10-5-14(20)13(18)6-12(10)17/h2-6,21H,7H2,1H3. The fourth-order valence-corrected chi connectivity index (χ4v) is 2.85. The third-order valence-corrected chi connectivity index (χ3v) is 4.10. The Morgan fingerprint density at radius 3 is 2.33 bits per heavy atom. The van der Waals surface area contributed by atoms with Gasteiger partial charge in [0.05, 0.1) is 10.6 Å². The van der Waals surface area contributed by atoms with Crippen LogP contribution in [0.1, 0.15) is 18.1 Å². The maximum atomic E-state index is 13.6. The molecule has 0 fully saturated rings. The highest BCUT2D eigenvalue weighted by molar-refractivity contribution is 6.35. The minimum atomic E-state index is -1.53. The first-order valence-electron chi connectivity index (χ1n) is 6.02. The van der Waals surface area contributed by atoms with Crippen molar-refractivity contribution in [3.63, 3.8) is 0 Å². The molecule has 0 saturated heterocycles. The van der Waals surface area contributed by atoms with E-state index in [2.05, 4.69) is 0 Å². The largest absolute Gasteiger partial charge is 0.385 e. The highest BCUT2D eigenvalue weighted by atomic mass is 35.5. The van der Waals surface area contributed by atoms with Gasteiger partial charge in [0.25, 0.3) is 0 Å². The van der Waals surface area contributed by atoms with Crippen molar-refractivity contribution in [3.8, 4) is 0 Å². The molecule has 0 aliphatic heterocycles. The molecule has 0 aliphatic carbocycles. The average molecular weight is 352 g/mol. The van der Waals surface area contributed by atoms with Crippen molar-refractivity contribution in [1.29, 1.82) is 0 Å². The van der Waals surface area contributed by atoms with Crippen LogP contribution in [-0.4, -0.2) is 5.11 Å². The SMILES string of the molecule is CC(O)(Cc1cc(F)ccc1Cl)c1cc(F)c(Cl)cc1Cl. The molecule has 2 rings (SSSR count). The summed E-state index contributed by atoms with van der Waals surface area (Å²) in [7, 11) is 0. The van der Waals surface area contributed by atoms with Gasteiger partial charge in [0.15, 0.2) is 0 Å². The van der Waals surface area contributed by atoms with Crippen LogP contribution in [0.2, 0.25) is 15.1 Å². The van der Waals surface area contributed by atoms with Gasteiger partial charge < -0.3 is 5.11 Å². The molecule has 0 heterocycles. The van der Waals surface area contributed by atoms with Crippen molar-refractivity contribution in [2.24, 2.45) is 0 Å². The van der Waals surface area contributed by atoms with E-state index in [0.717, 1.165) is 6.07 Å². The number of halogens is 5. The highest BCUT2D eigenvalue weighted by Gasteiger charge is 2.28. The molecule has 2 aromatic rings. The molecular weight excluding hydrogens is 341 g/mol. The van der Waals surface area contributed by atoms with Crippen molar-refractivity contribution < 1.29 is 13.9 Å². The van der Waals surface area contributed by atoms with E-state index in [4.69, 9.17) is 34.8 Å². The highest BCUT2D eigenvalue weighted by Crippen LogP contribution is 2.35. The van der Waals surface area contributed by atoms with Crippen molar-refractivity contribution >= 4 is 34.8 Å². The van der Waals surface area contributed by atoms with Gasteiger partial charge in [0, 0.05) is 22.0 Å². The first-order valence-corrected chi connectivity index (χ1v) is 7.15. The van der Waals surface area contributed by atoms with Crippen molar-refractivity contribution in [1.82, 2.24) is 0 Å². The second-order valence-corrected chi connectivity index (χ2v) is 6.15. The Balaban J connectivity index is 2.42. The summed E-state index contributed by atoms with van der Waals surface area (Å²) < 4.78 is 26.9. The summed E-state index contributed by atoms with van der Waals surface area (Å²) >= 11 is 17.6. The van der Waals surface area contributed by atoms with Gasteiger partial charge in [-0.15, -0.1) is 0 Å². The summed E-state index contributed by atoms with van der Waals surface area (Å²) in [5, 5.41) is 10.9. The van der Waals surface area contributed by atoms with Gasteiger partial charge in [-0.25, -0.2) is 8.78 Å². The minimum absolute atomic E-state index is 0.0234. The van der Waals surface area contributed by atoms with Crippen LogP contribution < -0.4 is 0 Å². The lowest BCUT2D eigenvalue weighted by Crippen LogP contribution is -2.25. The zero-order valence-electron chi connectivity index (χ0n) is 10.9. The molecule has 1 unspecified atom stereocenters. The summed E-state index contributed by atoms with van der Waals surface area (Å²) in [6.07, 6.45) is -0.0234. The van der Waals surface area contributed by atoms with Gasteiger partial charge in [-0.2, -0.15) is 0 Å². The van der Waals surface area contributed by atoms with E-state index in [0.29, 0.717) is 10.6 Å². The lowest BCUT2D eigenvalue weighted by atomic mass is 9.89. The maximum absolute atomic E-state index is 13.6. The summed E-state index contributed by atoms with van der Waals surface area (Å²) in [5.41, 5.74) is -0.973. The number of aliphatic hydroxyl groups is 1. The van der Waals surface area contributed by atoms with Crippen LogP contribution in [-0.2, 0) is 12.0 Å². The van der Waals surface area contributed by atoms with E-state index >= 15 is 0 Å². The van der Waals surface area contributed by atoms with E-state index in [1.165, 1.54) is 31.2 Å². The fourth-order valence-electron chi connectivity index (χ4n) is 2.08. The summed E-state index contributed by atoms with van der Waals surface area (Å²) in [5.74, 6) is -1.17. The molecule has 112 valence electrons. The Hall–Kier alpha value is -0.870. The topological polar surface area (TPSA) is 20.2 Å². The van der Waals surface area contributed by atoms with Gasteiger partial charge in [0.2, 0.25) is 0 Å². The second-order valence-electron chi connectivity index (χ2n) is 4.93. The van der Waals surface area contributed by atoms with Crippen LogP contribution in [0.3, 0.4) is 0 Å². The molecule has 1 N–H and O–H groups in total. The molecule has 1 nitrogen and oxygen atoms in total. The Bertz CT molecular complexity index is 687. The van der Waals surface area contributed by atoms with Crippen LogP contribution >= 0.6 is 34.8 Å². The molecule has 0 radical (unpaired) electrons. The Labute approximate surface area is 136 Å². The Kier molecular flexibility index (Phi) is 4.79. The number of benzene rings is 2. The number of hydrogen-bond donors (Lipinski definition) is 1. The first-order chi connectivity index (χ1) is 9.70. The molecule has 0 spiro atoms. The molecule has 2 aromatic carbocycles. The van der Waals surface area contributed by atoms with Crippen LogP contribution in [0.5, 0.6) is 0 Å². The van der Waals surface area contributed by atoms with Gasteiger partial charge in [-0.05, 0) is 42.8 Å². The maximum Gasteiger partial charge on any atom is 0.142 e. The van der Waals surface area contributed by atoms with Crippen molar-refractivity contribution in [2.45, 2.75) is 18.9 Å². The van der Waals surface area contributed by atoms with Crippen molar-refractivity contribution in [3.05, 3.63) is 68.2 Å². The normalized spacial score (nSPS) is 14.0. The molecule has 0 aromatic heterocycles. The zero-order valence-corrected chi connectivity index (χ0v) is 13.2. The number of rotatable bonds is 3. The quantitative estimate of drug-likeness (QED) is 0.737. The lowest BCUT2D eigenvalue weighted by Gasteiger charge is -2.26. The Morgan fingerprint density at radius 2 is 1.67 bits per heavy atom. The van der Waals surface area contributed by atoms with Crippen LogP contribution in [0.25, 0.3) is 0 Å². The van der Waals surface area contributed by atoms with E-state index in [1.807, 2.05) is 0 Å². The molecule has 1 atom stereocenters. The third kappa shape index (κ3) is 3.67. The van der Waals surface area contributed by atoms with Gasteiger partial charge in [0.1, 0.15) is 11.6 Å². The van der Waals surface area contributed by atoms with E-state index in [9.17, 15) is 13.9 Å². The summed E-state index contributed by atoms with van der Waals surface area (Å²) in [4.78, 5) is 0. The van der Waals surface area contributed by atoms with Gasteiger partial charge >= 0.3 is 0 Å². The summed E-state index contributed by atoms with van der Waals surface area (Å²) in [6.45, 7) is 1.45. The second kappa shape index (κ2) is 6.09. The van der Waals surface area contributed by atoms with Crippen LogP contribution in [0.15, 0.2) is 30.3 Å². The van der Waals surface area contributed by atoms with E-state index in [-0.39, 0.29) is 22.0 Å². The molecule has 0 saturated carbocycles. The minimum Gasteiger partial charge on any atom is -0.385 e. The Morgan fingerprint density at radius 1 is 1.00 bits per heavy atom. The predicted octanol–water partition coefficient (Wildman–Crippen LogP) is 5.38. The molecular formula is C15H11Cl3F2O. The van der Waals surface area contributed by atoms with Crippen LogP contribution in [0, 0.1) is 11.6 Å². The van der Waals surface area contributed by atoms with E-state index < -0.39 is 17.2 Å². The third-order valence-electron chi connectivity index (χ3n) is 3.13. The fraction of sp³-hybridized carbons (Fsp3) is 0.200. The zero-order chi connectivity index (χ0) is 15.8. The molecule has 0 amide bonds. The lowest BCUT2D eigenvalue weighted by molar-refractivity contribution is 0.0574. The van der Waals surface area contributed by atoms with Crippen molar-refractivity contribution in [2.75, 3.05) is 0 Å². The molecule has 0 bridgehead atoms. The molecule has 21 heavy (non-hydrogen) atoms. The predicted molar refractivity (Wildman–Crippen MR) is 81.1 cm³/mol. The van der Waals surface area contributed by atoms with Gasteiger partial charge in [-0.1, -0.05) is 34.8 Å². The first kappa shape index (κ1) is 16.5. The summed E-state index contributed by atoms with van der Waals surface area (Å²) in [6, 6.07) is 6.12. The molecule has 6 heteroatoms. The smallest absolute Gasteiger partial charge is 0.142 e. The average Bonchev–Trinajstić information content (AvgIpc) is 2.37. The monoisotopic (exact) mass is 350 g/mol.